The summed E-state index contributed by atoms with van der Waals surface area (Å²) in [6.45, 7) is 7.79. The second kappa shape index (κ2) is 6.47. The van der Waals surface area contributed by atoms with Crippen LogP contribution < -0.4 is 5.43 Å². The normalized spacial score (nSPS) is 18.4. The van der Waals surface area contributed by atoms with Crippen LogP contribution in [0.3, 0.4) is 0 Å². The average Bonchev–Trinajstić information content (AvgIpc) is 2.70. The Morgan fingerprint density at radius 2 is 2.19 bits per heavy atom. The Morgan fingerprint density at radius 3 is 2.81 bits per heavy atom. The van der Waals surface area contributed by atoms with Crippen molar-refractivity contribution >= 4 is 35.7 Å². The fourth-order valence-electron chi connectivity index (χ4n) is 2.17. The second-order valence-corrected chi connectivity index (χ2v) is 12.9. The lowest BCUT2D eigenvalue weighted by atomic mass is 10.1. The minimum absolute atomic E-state index is 0.258. The summed E-state index contributed by atoms with van der Waals surface area (Å²) < 4.78 is 6.57. The zero-order valence-electron chi connectivity index (χ0n) is 12.5. The van der Waals surface area contributed by atoms with E-state index in [9.17, 15) is 9.90 Å². The number of hydrazine groups is 1. The summed E-state index contributed by atoms with van der Waals surface area (Å²) in [5, 5.41) is 11.1. The van der Waals surface area contributed by atoms with Gasteiger partial charge >= 0.3 is 5.97 Å². The zero-order valence-corrected chi connectivity index (χ0v) is 15.1. The molecule has 1 aromatic carbocycles. The predicted octanol–water partition coefficient (Wildman–Crippen LogP) is 3.53. The number of halogens is 1. The van der Waals surface area contributed by atoms with Crippen molar-refractivity contribution in [3.05, 3.63) is 28.2 Å². The number of hydrogen-bond acceptors (Lipinski definition) is 4. The number of nitrogens with zero attached hydrogens (tertiary/aromatic N) is 1. The van der Waals surface area contributed by atoms with Crippen molar-refractivity contribution in [2.75, 3.05) is 18.8 Å². The fraction of sp³-hybridized carbons (Fsp3) is 0.500. The van der Waals surface area contributed by atoms with E-state index in [1.54, 1.807) is 5.01 Å². The highest BCUT2D eigenvalue weighted by Gasteiger charge is 2.35. The molecule has 1 aliphatic rings. The van der Waals surface area contributed by atoms with E-state index in [1.165, 1.54) is 0 Å². The van der Waals surface area contributed by atoms with E-state index in [2.05, 4.69) is 41.0 Å². The minimum Gasteiger partial charge on any atom is -0.480 e. The number of nitrogens with one attached hydrogen (secondary N) is 1. The molecule has 2 N–H and O–H groups in total. The Morgan fingerprint density at radius 1 is 1.48 bits per heavy atom. The molecule has 0 saturated carbocycles. The van der Waals surface area contributed by atoms with Crippen LogP contribution in [0.5, 0.6) is 0 Å². The largest absolute Gasteiger partial charge is 0.480 e. The van der Waals surface area contributed by atoms with Gasteiger partial charge in [-0.15, -0.1) is 0 Å². The number of aliphatic carboxylic acids is 1. The lowest BCUT2D eigenvalue weighted by molar-refractivity contribution is -0.144. The van der Waals surface area contributed by atoms with Gasteiger partial charge in [-0.3, -0.25) is 4.79 Å². The SMILES string of the molecule is C[Si](C)(C)CCOCN1Nc2cc(Br)ccc2C1C(=O)O. The number of carbonyl (C=O) groups is 1. The Kier molecular flexibility index (Phi) is 5.08. The number of fused-ring (bicyclic) bond motifs is 1. The van der Waals surface area contributed by atoms with Crippen molar-refractivity contribution in [1.82, 2.24) is 5.01 Å². The summed E-state index contributed by atoms with van der Waals surface area (Å²) in [6, 6.07) is 5.92. The molecule has 5 nitrogen and oxygen atoms in total. The first-order chi connectivity index (χ1) is 9.78. The standard InChI is InChI=1S/C14H21BrN2O3Si/c1-21(2,3)7-6-20-9-17-13(14(18)19)11-5-4-10(15)8-12(11)16-17/h4-5,8,13,16H,6-7,9H2,1-3H3,(H,18,19). The number of anilines is 1. The van der Waals surface area contributed by atoms with Crippen molar-refractivity contribution in [2.45, 2.75) is 31.7 Å². The van der Waals surface area contributed by atoms with Gasteiger partial charge in [0.25, 0.3) is 0 Å². The van der Waals surface area contributed by atoms with Crippen LogP contribution in [0, 0.1) is 0 Å². The molecule has 0 aromatic heterocycles. The fourth-order valence-corrected chi connectivity index (χ4v) is 3.28. The van der Waals surface area contributed by atoms with E-state index in [0.29, 0.717) is 6.61 Å². The number of ether oxygens (including phenoxy) is 1. The molecule has 0 spiro atoms. The number of benzene rings is 1. The molecule has 0 saturated heterocycles. The van der Waals surface area contributed by atoms with Crippen molar-refractivity contribution in [3.8, 4) is 0 Å². The molecule has 0 bridgehead atoms. The number of carboxylic acids is 1. The first-order valence-electron chi connectivity index (χ1n) is 6.91. The van der Waals surface area contributed by atoms with E-state index in [4.69, 9.17) is 4.74 Å². The van der Waals surface area contributed by atoms with Crippen molar-refractivity contribution in [1.29, 1.82) is 0 Å². The first kappa shape index (κ1) is 16.5. The Labute approximate surface area is 134 Å². The molecule has 1 unspecified atom stereocenters. The van der Waals surface area contributed by atoms with Crippen LogP contribution in [0.15, 0.2) is 22.7 Å². The van der Waals surface area contributed by atoms with Gasteiger partial charge in [-0.2, -0.15) is 5.01 Å². The average molecular weight is 373 g/mol. The molecule has 0 fully saturated rings. The van der Waals surface area contributed by atoms with E-state index in [1.807, 2.05) is 18.2 Å². The van der Waals surface area contributed by atoms with Gasteiger partial charge in [0.05, 0.1) is 5.69 Å². The molecule has 21 heavy (non-hydrogen) atoms. The van der Waals surface area contributed by atoms with Crippen LogP contribution in [0.25, 0.3) is 0 Å². The quantitative estimate of drug-likeness (QED) is 0.590. The molecule has 2 rings (SSSR count). The molecule has 1 heterocycles. The third-order valence-electron chi connectivity index (χ3n) is 3.35. The molecule has 0 radical (unpaired) electrons. The lowest BCUT2D eigenvalue weighted by Crippen LogP contribution is -2.35. The zero-order chi connectivity index (χ0) is 15.6. The predicted molar refractivity (Wildman–Crippen MR) is 89.0 cm³/mol. The summed E-state index contributed by atoms with van der Waals surface area (Å²) in [6.07, 6.45) is 0. The maximum absolute atomic E-state index is 11.5. The van der Waals surface area contributed by atoms with Crippen LogP contribution in [0.4, 0.5) is 5.69 Å². The molecule has 7 heteroatoms. The summed E-state index contributed by atoms with van der Waals surface area (Å²) >= 11 is 3.39. The van der Waals surface area contributed by atoms with Gasteiger partial charge < -0.3 is 15.3 Å². The molecule has 1 aromatic rings. The Hall–Kier alpha value is -0.893. The topological polar surface area (TPSA) is 61.8 Å². The van der Waals surface area contributed by atoms with Crippen molar-refractivity contribution in [2.24, 2.45) is 0 Å². The minimum atomic E-state index is -1.13. The van der Waals surface area contributed by atoms with Crippen molar-refractivity contribution < 1.29 is 14.6 Å². The maximum atomic E-state index is 11.5. The smallest absolute Gasteiger partial charge is 0.327 e. The molecule has 1 atom stereocenters. The van der Waals surface area contributed by atoms with Crippen molar-refractivity contribution in [3.63, 3.8) is 0 Å². The third-order valence-corrected chi connectivity index (χ3v) is 5.54. The van der Waals surface area contributed by atoms with Gasteiger partial charge in [0.2, 0.25) is 0 Å². The van der Waals surface area contributed by atoms with Gasteiger partial charge in [-0.05, 0) is 18.2 Å². The van der Waals surface area contributed by atoms with Crippen LogP contribution in [-0.2, 0) is 9.53 Å². The third kappa shape index (κ3) is 4.29. The number of carboxylic acid groups (broad SMARTS) is 1. The van der Waals surface area contributed by atoms with Gasteiger partial charge in [0.1, 0.15) is 6.73 Å². The van der Waals surface area contributed by atoms with E-state index >= 15 is 0 Å². The highest BCUT2D eigenvalue weighted by molar-refractivity contribution is 9.10. The first-order valence-corrected chi connectivity index (χ1v) is 11.4. The van der Waals surface area contributed by atoms with Crippen LogP contribution in [0.2, 0.25) is 25.7 Å². The van der Waals surface area contributed by atoms with E-state index in [0.717, 1.165) is 21.8 Å². The Bertz CT molecular complexity index is 533. The highest BCUT2D eigenvalue weighted by atomic mass is 79.9. The highest BCUT2D eigenvalue weighted by Crippen LogP contribution is 2.36. The van der Waals surface area contributed by atoms with Gasteiger partial charge in [0.15, 0.2) is 6.04 Å². The van der Waals surface area contributed by atoms with Gasteiger partial charge in [-0.1, -0.05) is 41.6 Å². The number of rotatable bonds is 6. The van der Waals surface area contributed by atoms with Gasteiger partial charge in [-0.25, -0.2) is 0 Å². The van der Waals surface area contributed by atoms with Gasteiger partial charge in [0, 0.05) is 24.7 Å². The van der Waals surface area contributed by atoms with Crippen LogP contribution in [-0.4, -0.2) is 37.5 Å². The summed E-state index contributed by atoms with van der Waals surface area (Å²) in [5.74, 6) is -0.877. The summed E-state index contributed by atoms with van der Waals surface area (Å²) in [4.78, 5) is 11.5. The summed E-state index contributed by atoms with van der Waals surface area (Å²) in [7, 11) is -1.13. The molecule has 1 aliphatic heterocycles. The van der Waals surface area contributed by atoms with Crippen LogP contribution >= 0.6 is 15.9 Å². The lowest BCUT2D eigenvalue weighted by Gasteiger charge is -2.22. The monoisotopic (exact) mass is 372 g/mol. The van der Waals surface area contributed by atoms with Crippen LogP contribution in [0.1, 0.15) is 11.6 Å². The molecule has 0 aliphatic carbocycles. The second-order valence-electron chi connectivity index (χ2n) is 6.40. The maximum Gasteiger partial charge on any atom is 0.327 e. The molecular weight excluding hydrogens is 352 g/mol. The summed E-state index contributed by atoms with van der Waals surface area (Å²) in [5.41, 5.74) is 4.69. The Balaban J connectivity index is 1.99. The van der Waals surface area contributed by atoms with E-state index in [-0.39, 0.29) is 6.73 Å². The van der Waals surface area contributed by atoms with E-state index < -0.39 is 20.1 Å². The molecule has 0 amide bonds. The molecule has 116 valence electrons. The molecular formula is C14H21BrN2O3Si. The number of hydrogen-bond donors (Lipinski definition) is 2.